The Kier molecular flexibility index (Phi) is 5.46. The second-order valence-electron chi connectivity index (χ2n) is 6.28. The van der Waals surface area contributed by atoms with Crippen LogP contribution in [0.2, 0.25) is 0 Å². The molecule has 2 aliphatic heterocycles. The van der Waals surface area contributed by atoms with E-state index < -0.39 is 0 Å². The number of hydrogen-bond donors (Lipinski definition) is 1. The van der Waals surface area contributed by atoms with Crippen molar-refractivity contribution in [2.75, 3.05) is 39.8 Å². The van der Waals surface area contributed by atoms with Crippen molar-refractivity contribution in [1.29, 1.82) is 0 Å². The van der Waals surface area contributed by atoms with E-state index in [-0.39, 0.29) is 0 Å². The van der Waals surface area contributed by atoms with Crippen molar-refractivity contribution in [2.24, 2.45) is 5.92 Å². The van der Waals surface area contributed by atoms with Crippen molar-refractivity contribution in [1.82, 2.24) is 15.1 Å². The van der Waals surface area contributed by atoms with Crippen LogP contribution in [-0.4, -0.2) is 61.7 Å². The predicted octanol–water partition coefficient (Wildman–Crippen LogP) is 1.79. The van der Waals surface area contributed by atoms with Gasteiger partial charge >= 0.3 is 0 Å². The van der Waals surface area contributed by atoms with Crippen molar-refractivity contribution in [3.63, 3.8) is 0 Å². The van der Waals surface area contributed by atoms with Gasteiger partial charge < -0.3 is 10.2 Å². The van der Waals surface area contributed by atoms with Gasteiger partial charge in [0.05, 0.1) is 0 Å². The van der Waals surface area contributed by atoms with E-state index in [9.17, 15) is 0 Å². The molecule has 0 amide bonds. The molecule has 0 aromatic carbocycles. The Balaban J connectivity index is 1.84. The fourth-order valence-electron chi connectivity index (χ4n) is 3.40. The van der Waals surface area contributed by atoms with E-state index in [1.54, 1.807) is 0 Å². The first-order valence-corrected chi connectivity index (χ1v) is 7.88. The molecule has 106 valence electrons. The molecule has 1 N–H and O–H groups in total. The number of piperidine rings is 1. The smallest absolute Gasteiger partial charge is 0.0218 e. The first kappa shape index (κ1) is 14.3. The van der Waals surface area contributed by atoms with Crippen molar-refractivity contribution < 1.29 is 0 Å². The molecule has 0 bridgehead atoms. The highest BCUT2D eigenvalue weighted by molar-refractivity contribution is 4.86. The fraction of sp³-hybridized carbons (Fsp3) is 1.00. The summed E-state index contributed by atoms with van der Waals surface area (Å²) < 4.78 is 0. The molecular formula is C15H31N3. The Morgan fingerprint density at radius 1 is 1.11 bits per heavy atom. The van der Waals surface area contributed by atoms with Crippen molar-refractivity contribution in [3.8, 4) is 0 Å². The Bertz CT molecular complexity index is 236. The average molecular weight is 253 g/mol. The monoisotopic (exact) mass is 253 g/mol. The molecular weight excluding hydrogens is 222 g/mol. The van der Waals surface area contributed by atoms with Crippen molar-refractivity contribution >= 4 is 0 Å². The fourth-order valence-corrected chi connectivity index (χ4v) is 3.40. The van der Waals surface area contributed by atoms with Crippen LogP contribution in [0.25, 0.3) is 0 Å². The summed E-state index contributed by atoms with van der Waals surface area (Å²) in [6.07, 6.45) is 5.34. The standard InChI is InChI=1S/C15H31N3/c1-4-14-12-18(15(5-2)10-16-14)11-13-6-8-17(3)9-7-13/h13-16H,4-12H2,1-3H3. The van der Waals surface area contributed by atoms with Crippen LogP contribution in [-0.2, 0) is 0 Å². The highest BCUT2D eigenvalue weighted by Crippen LogP contribution is 2.21. The van der Waals surface area contributed by atoms with E-state index in [0.717, 1.165) is 18.0 Å². The molecule has 3 nitrogen and oxygen atoms in total. The molecule has 2 atom stereocenters. The van der Waals surface area contributed by atoms with Gasteiger partial charge in [-0.2, -0.15) is 0 Å². The van der Waals surface area contributed by atoms with Gasteiger partial charge in [-0.05, 0) is 51.7 Å². The third-order valence-electron chi connectivity index (χ3n) is 4.91. The lowest BCUT2D eigenvalue weighted by molar-refractivity contribution is 0.0859. The Labute approximate surface area is 113 Å². The lowest BCUT2D eigenvalue weighted by Gasteiger charge is -2.42. The molecule has 2 unspecified atom stereocenters. The second-order valence-corrected chi connectivity index (χ2v) is 6.28. The minimum absolute atomic E-state index is 0.721. The van der Waals surface area contributed by atoms with Crippen LogP contribution in [0, 0.1) is 5.92 Å². The topological polar surface area (TPSA) is 18.5 Å². The third kappa shape index (κ3) is 3.69. The summed E-state index contributed by atoms with van der Waals surface area (Å²) in [5.74, 6) is 0.936. The molecule has 2 aliphatic rings. The normalized spacial score (nSPS) is 32.8. The maximum atomic E-state index is 3.69. The predicted molar refractivity (Wildman–Crippen MR) is 78.0 cm³/mol. The van der Waals surface area contributed by atoms with E-state index >= 15 is 0 Å². The molecule has 0 saturated carbocycles. The Morgan fingerprint density at radius 2 is 1.83 bits per heavy atom. The van der Waals surface area contributed by atoms with Gasteiger partial charge in [0.15, 0.2) is 0 Å². The molecule has 3 heteroatoms. The van der Waals surface area contributed by atoms with Gasteiger partial charge in [-0.3, -0.25) is 4.90 Å². The molecule has 2 fully saturated rings. The number of likely N-dealkylation sites (tertiary alicyclic amines) is 1. The quantitative estimate of drug-likeness (QED) is 0.824. The lowest BCUT2D eigenvalue weighted by atomic mass is 9.94. The zero-order valence-corrected chi connectivity index (χ0v) is 12.5. The molecule has 18 heavy (non-hydrogen) atoms. The van der Waals surface area contributed by atoms with Gasteiger partial charge in [0.25, 0.3) is 0 Å². The van der Waals surface area contributed by atoms with Crippen LogP contribution in [0.1, 0.15) is 39.5 Å². The summed E-state index contributed by atoms with van der Waals surface area (Å²) in [5.41, 5.74) is 0. The third-order valence-corrected chi connectivity index (χ3v) is 4.91. The van der Waals surface area contributed by atoms with Crippen molar-refractivity contribution in [3.05, 3.63) is 0 Å². The minimum Gasteiger partial charge on any atom is -0.311 e. The van der Waals surface area contributed by atoms with Gasteiger partial charge in [-0.25, -0.2) is 0 Å². The van der Waals surface area contributed by atoms with Gasteiger partial charge in [0.2, 0.25) is 0 Å². The van der Waals surface area contributed by atoms with Crippen LogP contribution in [0.15, 0.2) is 0 Å². The Morgan fingerprint density at radius 3 is 2.44 bits per heavy atom. The van der Waals surface area contributed by atoms with Crippen LogP contribution >= 0.6 is 0 Å². The van der Waals surface area contributed by atoms with Gasteiger partial charge in [-0.1, -0.05) is 13.8 Å². The highest BCUT2D eigenvalue weighted by Gasteiger charge is 2.28. The highest BCUT2D eigenvalue weighted by atomic mass is 15.2. The van der Waals surface area contributed by atoms with Gasteiger partial charge in [-0.15, -0.1) is 0 Å². The minimum atomic E-state index is 0.721. The van der Waals surface area contributed by atoms with E-state index in [1.807, 2.05) is 0 Å². The number of rotatable bonds is 4. The molecule has 0 aliphatic carbocycles. The van der Waals surface area contributed by atoms with Gasteiger partial charge in [0.1, 0.15) is 0 Å². The maximum absolute atomic E-state index is 3.69. The number of piperazine rings is 1. The SMILES string of the molecule is CCC1CN(CC2CCN(C)CC2)C(CC)CN1. The molecule has 2 heterocycles. The first-order valence-electron chi connectivity index (χ1n) is 7.88. The molecule has 0 radical (unpaired) electrons. The number of nitrogens with zero attached hydrogens (tertiary/aromatic N) is 2. The number of nitrogens with one attached hydrogen (secondary N) is 1. The number of hydrogen-bond acceptors (Lipinski definition) is 3. The largest absolute Gasteiger partial charge is 0.311 e. The van der Waals surface area contributed by atoms with Gasteiger partial charge in [0, 0.05) is 31.7 Å². The van der Waals surface area contributed by atoms with E-state index in [0.29, 0.717) is 0 Å². The molecule has 0 aromatic heterocycles. The zero-order chi connectivity index (χ0) is 13.0. The van der Waals surface area contributed by atoms with E-state index in [1.165, 1.54) is 58.4 Å². The van der Waals surface area contributed by atoms with Crippen molar-refractivity contribution in [2.45, 2.75) is 51.6 Å². The lowest BCUT2D eigenvalue weighted by Crippen LogP contribution is -2.57. The maximum Gasteiger partial charge on any atom is 0.0218 e. The summed E-state index contributed by atoms with van der Waals surface area (Å²) in [7, 11) is 2.25. The van der Waals surface area contributed by atoms with E-state index in [4.69, 9.17) is 0 Å². The zero-order valence-electron chi connectivity index (χ0n) is 12.5. The van der Waals surface area contributed by atoms with Crippen LogP contribution in [0.5, 0.6) is 0 Å². The summed E-state index contributed by atoms with van der Waals surface area (Å²) in [6, 6.07) is 1.49. The summed E-state index contributed by atoms with van der Waals surface area (Å²) in [6.45, 7) is 11.0. The van der Waals surface area contributed by atoms with Crippen LogP contribution in [0.4, 0.5) is 0 Å². The second kappa shape index (κ2) is 6.88. The molecule has 2 saturated heterocycles. The first-order chi connectivity index (χ1) is 8.72. The average Bonchev–Trinajstić information content (AvgIpc) is 2.41. The summed E-state index contributed by atoms with van der Waals surface area (Å²) in [5, 5.41) is 3.69. The Hall–Kier alpha value is -0.120. The summed E-state index contributed by atoms with van der Waals surface area (Å²) >= 11 is 0. The van der Waals surface area contributed by atoms with Crippen LogP contribution < -0.4 is 5.32 Å². The molecule has 0 aromatic rings. The summed E-state index contributed by atoms with van der Waals surface area (Å²) in [4.78, 5) is 5.25. The van der Waals surface area contributed by atoms with E-state index in [2.05, 4.69) is 36.0 Å². The molecule has 2 rings (SSSR count). The van der Waals surface area contributed by atoms with Crippen LogP contribution in [0.3, 0.4) is 0 Å². The molecule has 0 spiro atoms.